The molecule has 13 heteroatoms. The molecule has 5 aromatic rings. The zero-order chi connectivity index (χ0) is 34.4. The average molecular weight is 718 g/mol. The molecule has 1 saturated carbocycles. The molecule has 2 atom stereocenters. The van der Waals surface area contributed by atoms with Crippen LogP contribution >= 0.6 is 34.9 Å². The monoisotopic (exact) mass is 717 g/mol. The molecule has 0 unspecified atom stereocenters. The van der Waals surface area contributed by atoms with Crippen LogP contribution in [0.4, 0.5) is 22.7 Å². The van der Waals surface area contributed by atoms with E-state index in [9.17, 15) is 24.5 Å². The minimum Gasteiger partial charge on any atom is -0.274 e. The van der Waals surface area contributed by atoms with Gasteiger partial charge in [0.1, 0.15) is 0 Å². The predicted molar refractivity (Wildman–Crippen MR) is 198 cm³/mol. The lowest BCUT2D eigenvalue weighted by Crippen LogP contribution is -2.30. The first kappa shape index (κ1) is 32.1. The second-order valence-electron chi connectivity index (χ2n) is 12.0. The largest absolute Gasteiger partial charge is 0.283 e. The second-order valence-corrected chi connectivity index (χ2v) is 15.4. The molecule has 3 aliphatic rings. The van der Waals surface area contributed by atoms with Gasteiger partial charge in [-0.1, -0.05) is 67.1 Å². The van der Waals surface area contributed by atoms with E-state index in [2.05, 4.69) is 4.98 Å². The lowest BCUT2D eigenvalue weighted by Gasteiger charge is -2.19. The molecule has 0 bridgehead atoms. The Morgan fingerprint density at radius 1 is 0.840 bits per heavy atom. The summed E-state index contributed by atoms with van der Waals surface area (Å²) >= 11 is 3.73. The third-order valence-corrected chi connectivity index (χ3v) is 12.0. The Kier molecular flexibility index (Phi) is 8.55. The normalized spacial score (nSPS) is 20.8. The number of aromatic nitrogens is 1. The molecule has 4 aromatic carbocycles. The summed E-state index contributed by atoms with van der Waals surface area (Å²) < 4.78 is 1.36. The van der Waals surface area contributed by atoms with Crippen LogP contribution in [0.5, 0.6) is 0 Å². The zero-order valence-corrected chi connectivity index (χ0v) is 28.7. The van der Waals surface area contributed by atoms with Crippen molar-refractivity contribution in [2.24, 2.45) is 16.8 Å². The first-order chi connectivity index (χ1) is 24.3. The Bertz CT molecular complexity index is 2230. The number of fused-ring (bicyclic) bond motifs is 2. The molecular weight excluding hydrogens is 691 g/mol. The minimum atomic E-state index is -0.442. The molecule has 3 fully saturated rings. The van der Waals surface area contributed by atoms with Crippen molar-refractivity contribution in [3.8, 4) is 0 Å². The molecule has 3 amide bonds. The molecule has 0 spiro atoms. The summed E-state index contributed by atoms with van der Waals surface area (Å²) in [5, 5.41) is 12.8. The smallest absolute Gasteiger partial charge is 0.274 e. The number of carbonyl (C=O) groups is 3. The number of para-hydroxylation sites is 2. The van der Waals surface area contributed by atoms with Crippen LogP contribution in [-0.4, -0.2) is 32.8 Å². The maximum atomic E-state index is 13.7. The predicted octanol–water partition coefficient (Wildman–Crippen LogP) is 8.84. The van der Waals surface area contributed by atoms with Crippen molar-refractivity contribution in [3.05, 3.63) is 118 Å². The van der Waals surface area contributed by atoms with Gasteiger partial charge in [0.05, 0.1) is 53.8 Å². The number of amidine groups is 1. The highest BCUT2D eigenvalue weighted by atomic mass is 32.2. The number of benzene rings is 4. The minimum absolute atomic E-state index is 0.117. The number of anilines is 2. The number of carbonyl (C=O) groups excluding carboxylic acids is 3. The Hall–Kier alpha value is -5.11. The van der Waals surface area contributed by atoms with Crippen LogP contribution in [0.2, 0.25) is 0 Å². The van der Waals surface area contributed by atoms with E-state index in [-0.39, 0.29) is 35.2 Å². The molecule has 3 heterocycles. The van der Waals surface area contributed by atoms with Crippen molar-refractivity contribution < 1.29 is 19.3 Å². The van der Waals surface area contributed by atoms with Gasteiger partial charge in [-0.3, -0.25) is 34.3 Å². The third-order valence-electron chi connectivity index (χ3n) is 8.93. The molecule has 1 aromatic heterocycles. The number of aliphatic imine (C=N–C) groups is 1. The maximum Gasteiger partial charge on any atom is 0.283 e. The van der Waals surface area contributed by atoms with Crippen LogP contribution in [0.25, 0.3) is 16.3 Å². The number of rotatable bonds is 7. The van der Waals surface area contributed by atoms with E-state index >= 15 is 0 Å². The summed E-state index contributed by atoms with van der Waals surface area (Å²) in [6.45, 7) is 0. The summed E-state index contributed by atoms with van der Waals surface area (Å²) in [7, 11) is 0. The Labute approximate surface area is 299 Å². The lowest BCUT2D eigenvalue weighted by molar-refractivity contribution is -0.387. The van der Waals surface area contributed by atoms with Crippen LogP contribution in [-0.2, 0) is 14.4 Å². The molecule has 10 nitrogen and oxygen atoms in total. The van der Waals surface area contributed by atoms with Gasteiger partial charge in [-0.2, -0.15) is 0 Å². The number of hydrogen-bond acceptors (Lipinski definition) is 10. The Morgan fingerprint density at radius 3 is 2.24 bits per heavy atom. The first-order valence-electron chi connectivity index (χ1n) is 16.0. The summed E-state index contributed by atoms with van der Waals surface area (Å²) in [6.07, 6.45) is 5.06. The topological polar surface area (TPSA) is 126 Å². The van der Waals surface area contributed by atoms with Crippen molar-refractivity contribution in [1.82, 2.24) is 4.98 Å². The molecule has 50 heavy (non-hydrogen) atoms. The summed E-state index contributed by atoms with van der Waals surface area (Å²) in [4.78, 5) is 64.9. The van der Waals surface area contributed by atoms with Gasteiger partial charge in [0.25, 0.3) is 11.6 Å². The van der Waals surface area contributed by atoms with Crippen molar-refractivity contribution >= 4 is 96.8 Å². The van der Waals surface area contributed by atoms with E-state index < -0.39 is 4.92 Å². The van der Waals surface area contributed by atoms with Gasteiger partial charge >= 0.3 is 0 Å². The number of thiazole rings is 1. The number of amides is 3. The highest BCUT2D eigenvalue weighted by Crippen LogP contribution is 2.44. The highest BCUT2D eigenvalue weighted by molar-refractivity contribution is 8.19. The van der Waals surface area contributed by atoms with Crippen molar-refractivity contribution in [1.29, 1.82) is 0 Å². The number of imide groups is 1. The maximum absolute atomic E-state index is 13.7. The number of nitro groups is 1. The SMILES string of the molecule is O=C1/C(=C/c2ccc(Sc3nc4ccc(N5C(=O)[C@H]6CCCC[C@@H]6C5=O)cc4s3)c([N+](=O)[O-])c2)SC(=Nc2ccccc2)N1c1ccccc1. The van der Waals surface area contributed by atoms with Gasteiger partial charge in [0.2, 0.25) is 11.8 Å². The highest BCUT2D eigenvalue weighted by Gasteiger charge is 2.48. The molecular formula is C37H27N5O5S3. The zero-order valence-electron chi connectivity index (χ0n) is 26.3. The van der Waals surface area contributed by atoms with E-state index in [0.717, 1.165) is 30.4 Å². The molecule has 0 N–H and O–H groups in total. The molecule has 0 radical (unpaired) electrons. The van der Waals surface area contributed by atoms with E-state index in [1.807, 2.05) is 60.7 Å². The summed E-state index contributed by atoms with van der Waals surface area (Å²) in [5.41, 5.74) is 2.96. The Balaban J connectivity index is 1.06. The standard InChI is InChI=1S/C37H27N5O5S3/c43-33-26-13-7-8-14-27(26)34(44)40(33)25-16-17-28-31(21-25)50-37(39-28)49-30-18-15-22(19-29(30)42(46)47)20-32-35(45)41(24-11-5-2-6-12-24)36(48-32)38-23-9-3-1-4-10-23/h1-6,9-12,15-21,26-27H,7-8,13-14H2/b32-20-,38-36?/t26-,27-/m0/s1. The Morgan fingerprint density at radius 2 is 1.54 bits per heavy atom. The fraction of sp³-hybridized carbons (Fsp3) is 0.162. The van der Waals surface area contributed by atoms with E-state index in [0.29, 0.717) is 47.5 Å². The van der Waals surface area contributed by atoms with Gasteiger partial charge in [-0.25, -0.2) is 9.98 Å². The number of nitro benzene ring substituents is 1. The summed E-state index contributed by atoms with van der Waals surface area (Å²) in [6, 6.07) is 28.8. The summed E-state index contributed by atoms with van der Waals surface area (Å²) in [5.74, 6) is -1.02. The van der Waals surface area contributed by atoms with Crippen molar-refractivity contribution in [2.75, 3.05) is 9.80 Å². The molecule has 2 saturated heterocycles. The molecule has 8 rings (SSSR count). The number of thioether (sulfide) groups is 1. The van der Waals surface area contributed by atoms with Crippen LogP contribution in [0.1, 0.15) is 31.2 Å². The van der Waals surface area contributed by atoms with Gasteiger partial charge < -0.3 is 0 Å². The van der Waals surface area contributed by atoms with Crippen LogP contribution < -0.4 is 9.80 Å². The fourth-order valence-corrected chi connectivity index (χ4v) is 9.70. The van der Waals surface area contributed by atoms with Gasteiger partial charge in [0, 0.05) is 6.07 Å². The van der Waals surface area contributed by atoms with Crippen LogP contribution in [0.3, 0.4) is 0 Å². The fourth-order valence-electron chi connectivity index (χ4n) is 6.56. The number of nitrogens with zero attached hydrogens (tertiary/aromatic N) is 5. The van der Waals surface area contributed by atoms with Crippen molar-refractivity contribution in [2.45, 2.75) is 34.9 Å². The second kappa shape index (κ2) is 13.3. The quantitative estimate of drug-likeness (QED) is 0.0708. The van der Waals surface area contributed by atoms with Gasteiger partial charge in [-0.05, 0) is 84.8 Å². The van der Waals surface area contributed by atoms with Crippen LogP contribution in [0, 0.1) is 22.0 Å². The molecule has 248 valence electrons. The van der Waals surface area contributed by atoms with Crippen LogP contribution in [0.15, 0.2) is 116 Å². The average Bonchev–Trinajstić information content (AvgIpc) is 3.76. The van der Waals surface area contributed by atoms with E-state index in [1.165, 1.54) is 45.8 Å². The van der Waals surface area contributed by atoms with Gasteiger partial charge in [-0.15, -0.1) is 11.3 Å². The van der Waals surface area contributed by atoms with Gasteiger partial charge in [0.15, 0.2) is 9.51 Å². The van der Waals surface area contributed by atoms with Crippen molar-refractivity contribution in [3.63, 3.8) is 0 Å². The number of hydrogen-bond donors (Lipinski definition) is 0. The lowest BCUT2D eigenvalue weighted by atomic mass is 9.81. The van der Waals surface area contributed by atoms with E-state index in [4.69, 9.17) is 4.99 Å². The van der Waals surface area contributed by atoms with E-state index in [1.54, 1.807) is 41.3 Å². The first-order valence-corrected chi connectivity index (χ1v) is 18.5. The molecule has 2 aliphatic heterocycles. The molecule has 1 aliphatic carbocycles. The third kappa shape index (κ3) is 6.01.